The van der Waals surface area contributed by atoms with Crippen LogP contribution < -0.4 is 4.90 Å². The van der Waals surface area contributed by atoms with Crippen LogP contribution in [0.5, 0.6) is 0 Å². The van der Waals surface area contributed by atoms with Crippen LogP contribution in [0.25, 0.3) is 66.3 Å². The van der Waals surface area contributed by atoms with E-state index in [1.807, 2.05) is 0 Å². The molecule has 53 heavy (non-hydrogen) atoms. The van der Waals surface area contributed by atoms with Crippen LogP contribution in [-0.4, -0.2) is 4.98 Å². The Morgan fingerprint density at radius 3 is 1.57 bits per heavy atom. The van der Waals surface area contributed by atoms with Gasteiger partial charge in [0.15, 0.2) is 0 Å². The van der Waals surface area contributed by atoms with Crippen molar-refractivity contribution in [2.75, 3.05) is 4.90 Å². The summed E-state index contributed by atoms with van der Waals surface area (Å²) in [7, 11) is 0. The maximum atomic E-state index is 3.83. The molecule has 0 radical (unpaired) electrons. The summed E-state index contributed by atoms with van der Waals surface area (Å²) in [5, 5.41) is 2.43. The highest BCUT2D eigenvalue weighted by molar-refractivity contribution is 6.13. The Balaban J connectivity index is 1.09. The van der Waals surface area contributed by atoms with Crippen LogP contribution >= 0.6 is 0 Å². The lowest BCUT2D eigenvalue weighted by Crippen LogP contribution is -2.14. The lowest BCUT2D eigenvalue weighted by atomic mass is 9.82. The van der Waals surface area contributed by atoms with Crippen molar-refractivity contribution in [3.05, 3.63) is 199 Å². The standard InChI is InChI=1S/C51H38N2/c1-51(2)47-19-10-9-16-43(47)45-32-38(24-30-48(45)51)42-17-11-18-44-46-33-41(29-31-49(46)52-50(42)44)53(39-25-20-36(21-26-39)34-12-5-3-6-13-34)40-27-22-37(23-28-40)35-14-7-4-8-15-35/h3-33,52H,1-2H3. The molecule has 1 aliphatic carbocycles. The van der Waals surface area contributed by atoms with Crippen molar-refractivity contribution in [2.24, 2.45) is 0 Å². The molecule has 0 saturated heterocycles. The lowest BCUT2D eigenvalue weighted by molar-refractivity contribution is 0.660. The fourth-order valence-corrected chi connectivity index (χ4v) is 8.49. The number of para-hydroxylation sites is 1. The average molecular weight is 679 g/mol. The van der Waals surface area contributed by atoms with Crippen molar-refractivity contribution < 1.29 is 0 Å². The molecule has 0 fully saturated rings. The molecule has 0 unspecified atom stereocenters. The second-order valence-corrected chi connectivity index (χ2v) is 14.7. The van der Waals surface area contributed by atoms with Crippen LogP contribution in [0.1, 0.15) is 25.0 Å². The number of hydrogen-bond acceptors (Lipinski definition) is 1. The highest BCUT2D eigenvalue weighted by Crippen LogP contribution is 2.50. The monoisotopic (exact) mass is 678 g/mol. The number of H-pyrrole nitrogens is 1. The zero-order valence-electron chi connectivity index (χ0n) is 29.8. The molecule has 1 N–H and O–H groups in total. The minimum absolute atomic E-state index is 0.0103. The van der Waals surface area contributed by atoms with Gasteiger partial charge in [0.05, 0.1) is 5.52 Å². The number of aromatic nitrogens is 1. The van der Waals surface area contributed by atoms with Gasteiger partial charge in [-0.1, -0.05) is 153 Å². The van der Waals surface area contributed by atoms with Crippen LogP contribution in [0.4, 0.5) is 17.1 Å². The topological polar surface area (TPSA) is 19.0 Å². The van der Waals surface area contributed by atoms with Crippen LogP contribution in [0, 0.1) is 0 Å². The number of aromatic amines is 1. The molecule has 9 aromatic rings. The largest absolute Gasteiger partial charge is 0.354 e. The third kappa shape index (κ3) is 5.18. The first kappa shape index (κ1) is 31.1. The quantitative estimate of drug-likeness (QED) is 0.185. The maximum Gasteiger partial charge on any atom is 0.0544 e. The zero-order chi connectivity index (χ0) is 35.5. The molecule has 0 aliphatic heterocycles. The summed E-state index contributed by atoms with van der Waals surface area (Å²) in [4.78, 5) is 6.19. The minimum atomic E-state index is -0.0103. The third-order valence-electron chi connectivity index (χ3n) is 11.2. The second-order valence-electron chi connectivity index (χ2n) is 14.7. The van der Waals surface area contributed by atoms with Crippen molar-refractivity contribution in [1.82, 2.24) is 4.98 Å². The molecule has 8 aromatic carbocycles. The van der Waals surface area contributed by atoms with E-state index in [2.05, 4.69) is 212 Å². The van der Waals surface area contributed by atoms with Gasteiger partial charge in [0.1, 0.15) is 0 Å². The number of nitrogens with zero attached hydrogens (tertiary/aromatic N) is 1. The maximum absolute atomic E-state index is 3.83. The molecule has 0 bridgehead atoms. The van der Waals surface area contributed by atoms with Crippen molar-refractivity contribution >= 4 is 38.9 Å². The summed E-state index contributed by atoms with van der Waals surface area (Å²) in [5.41, 5.74) is 18.4. The van der Waals surface area contributed by atoms with E-state index in [4.69, 9.17) is 0 Å². The normalized spacial score (nSPS) is 12.9. The van der Waals surface area contributed by atoms with Crippen LogP contribution in [0.3, 0.4) is 0 Å². The van der Waals surface area contributed by atoms with Gasteiger partial charge in [-0.15, -0.1) is 0 Å². The summed E-state index contributed by atoms with van der Waals surface area (Å²) < 4.78 is 0. The molecular weight excluding hydrogens is 641 g/mol. The molecule has 2 heteroatoms. The summed E-state index contributed by atoms with van der Waals surface area (Å²) in [6.07, 6.45) is 0. The predicted molar refractivity (Wildman–Crippen MR) is 224 cm³/mol. The third-order valence-corrected chi connectivity index (χ3v) is 11.2. The first-order valence-corrected chi connectivity index (χ1v) is 18.4. The fraction of sp³-hybridized carbons (Fsp3) is 0.0588. The number of hydrogen-bond donors (Lipinski definition) is 1. The number of nitrogens with one attached hydrogen (secondary N) is 1. The van der Waals surface area contributed by atoms with E-state index in [1.165, 1.54) is 66.4 Å². The van der Waals surface area contributed by atoms with E-state index in [0.717, 1.165) is 28.1 Å². The Morgan fingerprint density at radius 2 is 0.906 bits per heavy atom. The summed E-state index contributed by atoms with van der Waals surface area (Å²) >= 11 is 0. The van der Waals surface area contributed by atoms with Gasteiger partial charge in [-0.25, -0.2) is 0 Å². The highest BCUT2D eigenvalue weighted by atomic mass is 15.1. The first-order valence-electron chi connectivity index (χ1n) is 18.4. The lowest BCUT2D eigenvalue weighted by Gasteiger charge is -2.26. The molecule has 0 saturated carbocycles. The molecule has 10 rings (SSSR count). The van der Waals surface area contributed by atoms with Crippen molar-refractivity contribution in [3.8, 4) is 44.5 Å². The smallest absolute Gasteiger partial charge is 0.0544 e. The van der Waals surface area contributed by atoms with E-state index in [-0.39, 0.29) is 5.41 Å². The first-order chi connectivity index (χ1) is 26.0. The van der Waals surface area contributed by atoms with Gasteiger partial charge in [-0.3, -0.25) is 0 Å². The van der Waals surface area contributed by atoms with Crippen LogP contribution in [0.15, 0.2) is 188 Å². The fourth-order valence-electron chi connectivity index (χ4n) is 8.49. The molecule has 0 spiro atoms. The Labute approximate surface area is 310 Å². The van der Waals surface area contributed by atoms with E-state index in [0.29, 0.717) is 0 Å². The van der Waals surface area contributed by atoms with Crippen LogP contribution in [0.2, 0.25) is 0 Å². The number of fused-ring (bicyclic) bond motifs is 6. The number of benzene rings is 8. The Kier molecular flexibility index (Phi) is 7.19. The molecule has 1 aromatic heterocycles. The van der Waals surface area contributed by atoms with Gasteiger partial charge >= 0.3 is 0 Å². The van der Waals surface area contributed by atoms with Gasteiger partial charge in [-0.2, -0.15) is 0 Å². The summed E-state index contributed by atoms with van der Waals surface area (Å²) in [6.45, 7) is 4.68. The second kappa shape index (κ2) is 12.3. The summed E-state index contributed by atoms with van der Waals surface area (Å²) in [6, 6.07) is 68.4. The number of anilines is 3. The van der Waals surface area contributed by atoms with Crippen LogP contribution in [-0.2, 0) is 5.41 Å². The number of rotatable bonds is 6. The van der Waals surface area contributed by atoms with Crippen molar-refractivity contribution in [2.45, 2.75) is 19.3 Å². The highest BCUT2D eigenvalue weighted by Gasteiger charge is 2.35. The molecule has 252 valence electrons. The Morgan fingerprint density at radius 1 is 0.377 bits per heavy atom. The Hall–Kier alpha value is -6.64. The molecular formula is C51H38N2. The predicted octanol–water partition coefficient (Wildman–Crippen LogP) is 14.1. The van der Waals surface area contributed by atoms with E-state index >= 15 is 0 Å². The van der Waals surface area contributed by atoms with Gasteiger partial charge in [0.25, 0.3) is 0 Å². The van der Waals surface area contributed by atoms with E-state index < -0.39 is 0 Å². The van der Waals surface area contributed by atoms with Crippen molar-refractivity contribution in [3.63, 3.8) is 0 Å². The van der Waals surface area contributed by atoms with Gasteiger partial charge in [-0.05, 0) is 98.6 Å². The van der Waals surface area contributed by atoms with Gasteiger partial charge in [0, 0.05) is 44.3 Å². The molecule has 1 aliphatic rings. The Bertz CT molecular complexity index is 2690. The molecule has 2 nitrogen and oxygen atoms in total. The average Bonchev–Trinajstić information content (AvgIpc) is 3.70. The molecule has 0 amide bonds. The SMILES string of the molecule is CC1(C)c2ccccc2-c2cc(-c3cccc4c3[nH]c3ccc(N(c5ccc(-c6ccccc6)cc5)c5ccc(-c6ccccc6)cc5)cc34)ccc21. The minimum Gasteiger partial charge on any atom is -0.354 e. The van der Waals surface area contributed by atoms with E-state index in [1.54, 1.807) is 0 Å². The van der Waals surface area contributed by atoms with Gasteiger partial charge in [0.2, 0.25) is 0 Å². The van der Waals surface area contributed by atoms with E-state index in [9.17, 15) is 0 Å². The summed E-state index contributed by atoms with van der Waals surface area (Å²) in [5.74, 6) is 0. The zero-order valence-corrected chi connectivity index (χ0v) is 29.8. The molecule has 0 atom stereocenters. The molecule has 1 heterocycles. The van der Waals surface area contributed by atoms with Crippen molar-refractivity contribution in [1.29, 1.82) is 0 Å². The van der Waals surface area contributed by atoms with Gasteiger partial charge < -0.3 is 9.88 Å².